The number of benzene rings is 1. The summed E-state index contributed by atoms with van der Waals surface area (Å²) in [5.74, 6) is -0.290. The second-order valence-electron chi connectivity index (χ2n) is 4.96. The Balaban J connectivity index is 2.72. The first-order chi connectivity index (χ1) is 7.93. The fourth-order valence-corrected chi connectivity index (χ4v) is 2.62. The number of carbonyl (C=O) groups is 1. The van der Waals surface area contributed by atoms with Crippen molar-refractivity contribution in [3.63, 3.8) is 0 Å². The van der Waals surface area contributed by atoms with Crippen LogP contribution in [0.4, 0.5) is 0 Å². The van der Waals surface area contributed by atoms with Crippen LogP contribution in [0.25, 0.3) is 6.08 Å². The number of ether oxygens (including phenoxy) is 1. The van der Waals surface area contributed by atoms with E-state index in [9.17, 15) is 4.79 Å². The van der Waals surface area contributed by atoms with E-state index in [2.05, 4.69) is 31.8 Å². The maximum absolute atomic E-state index is 11.1. The van der Waals surface area contributed by atoms with Crippen LogP contribution < -0.4 is 5.19 Å². The van der Waals surface area contributed by atoms with Gasteiger partial charge in [-0.05, 0) is 18.6 Å². The minimum Gasteiger partial charge on any atom is -0.463 e. The highest BCUT2D eigenvalue weighted by Crippen LogP contribution is 2.06. The first-order valence-corrected chi connectivity index (χ1v) is 9.39. The van der Waals surface area contributed by atoms with E-state index in [-0.39, 0.29) is 5.97 Å². The van der Waals surface area contributed by atoms with Crippen molar-refractivity contribution in [1.29, 1.82) is 0 Å². The lowest BCUT2D eigenvalue weighted by atomic mass is 10.2. The van der Waals surface area contributed by atoms with Crippen LogP contribution in [0.2, 0.25) is 19.6 Å². The summed E-state index contributed by atoms with van der Waals surface area (Å²) in [4.78, 5) is 11.1. The first kappa shape index (κ1) is 13.7. The molecule has 0 bridgehead atoms. The SMILES string of the molecule is CCOC(=O)C=Cc1ccc([Si](C)(C)C)cc1. The van der Waals surface area contributed by atoms with Gasteiger partial charge in [-0.2, -0.15) is 0 Å². The highest BCUT2D eigenvalue weighted by atomic mass is 28.3. The molecule has 2 nitrogen and oxygen atoms in total. The predicted molar refractivity (Wildman–Crippen MR) is 75.1 cm³/mol. The molecule has 0 spiro atoms. The van der Waals surface area contributed by atoms with E-state index in [1.807, 2.05) is 12.1 Å². The Kier molecular flexibility index (Phi) is 4.69. The highest BCUT2D eigenvalue weighted by Gasteiger charge is 2.15. The molecule has 0 fully saturated rings. The molecule has 1 aromatic rings. The fourth-order valence-electron chi connectivity index (χ4n) is 1.45. The zero-order valence-electron chi connectivity index (χ0n) is 11.0. The molecule has 3 heteroatoms. The van der Waals surface area contributed by atoms with Crippen LogP contribution in [0.15, 0.2) is 30.3 Å². The van der Waals surface area contributed by atoms with Crippen LogP contribution in [-0.2, 0) is 9.53 Å². The van der Waals surface area contributed by atoms with Gasteiger partial charge in [-0.3, -0.25) is 0 Å². The Bertz CT molecular complexity index is 399. The molecule has 0 aliphatic rings. The molecule has 0 atom stereocenters. The molecule has 1 aromatic carbocycles. The molecular formula is C14H20O2Si. The van der Waals surface area contributed by atoms with Crippen molar-refractivity contribution in [3.8, 4) is 0 Å². The van der Waals surface area contributed by atoms with Gasteiger partial charge in [-0.15, -0.1) is 0 Å². The average Bonchev–Trinajstić information content (AvgIpc) is 2.26. The molecule has 0 radical (unpaired) electrons. The topological polar surface area (TPSA) is 26.3 Å². The molecule has 0 aliphatic heterocycles. The Hall–Kier alpha value is -1.35. The van der Waals surface area contributed by atoms with Crippen LogP contribution in [0.5, 0.6) is 0 Å². The summed E-state index contributed by atoms with van der Waals surface area (Å²) in [6.45, 7) is 9.16. The quantitative estimate of drug-likeness (QED) is 0.465. The summed E-state index contributed by atoms with van der Waals surface area (Å²) in [5, 5.41) is 1.42. The van der Waals surface area contributed by atoms with Crippen molar-refractivity contribution in [2.45, 2.75) is 26.6 Å². The number of esters is 1. The molecule has 1 rings (SSSR count). The maximum Gasteiger partial charge on any atom is 0.330 e. The van der Waals surface area contributed by atoms with E-state index < -0.39 is 8.07 Å². The number of hydrogen-bond donors (Lipinski definition) is 0. The second kappa shape index (κ2) is 5.82. The van der Waals surface area contributed by atoms with E-state index in [0.29, 0.717) is 6.61 Å². The van der Waals surface area contributed by atoms with Crippen molar-refractivity contribution >= 4 is 25.3 Å². The monoisotopic (exact) mass is 248 g/mol. The third kappa shape index (κ3) is 4.57. The van der Waals surface area contributed by atoms with E-state index in [4.69, 9.17) is 4.74 Å². The lowest BCUT2D eigenvalue weighted by Crippen LogP contribution is -2.37. The van der Waals surface area contributed by atoms with Crippen molar-refractivity contribution < 1.29 is 9.53 Å². The summed E-state index contributed by atoms with van der Waals surface area (Å²) in [6, 6.07) is 8.39. The van der Waals surface area contributed by atoms with Crippen LogP contribution in [-0.4, -0.2) is 20.7 Å². The number of rotatable bonds is 4. The standard InChI is InChI=1S/C14H20O2Si/c1-5-16-14(15)11-8-12-6-9-13(10-7-12)17(2,3)4/h6-11H,5H2,1-4H3. The average molecular weight is 248 g/mol. The Morgan fingerprint density at radius 2 is 1.82 bits per heavy atom. The molecule has 0 aromatic heterocycles. The normalized spacial score (nSPS) is 11.8. The Morgan fingerprint density at radius 1 is 1.24 bits per heavy atom. The lowest BCUT2D eigenvalue weighted by Gasteiger charge is -2.16. The maximum atomic E-state index is 11.1. The van der Waals surface area contributed by atoms with Crippen LogP contribution in [0.1, 0.15) is 12.5 Å². The summed E-state index contributed by atoms with van der Waals surface area (Å²) in [5.41, 5.74) is 1.03. The van der Waals surface area contributed by atoms with E-state index in [1.165, 1.54) is 11.3 Å². The number of carbonyl (C=O) groups excluding carboxylic acids is 1. The van der Waals surface area contributed by atoms with Gasteiger partial charge in [0, 0.05) is 6.08 Å². The highest BCUT2D eigenvalue weighted by molar-refractivity contribution is 6.88. The first-order valence-electron chi connectivity index (χ1n) is 5.89. The molecule has 0 amide bonds. The molecule has 0 saturated heterocycles. The van der Waals surface area contributed by atoms with Crippen molar-refractivity contribution in [3.05, 3.63) is 35.9 Å². The molecule has 17 heavy (non-hydrogen) atoms. The third-order valence-electron chi connectivity index (χ3n) is 2.48. The summed E-state index contributed by atoms with van der Waals surface area (Å²) in [6.07, 6.45) is 3.25. The minimum absolute atomic E-state index is 0.290. The van der Waals surface area contributed by atoms with Gasteiger partial charge in [0.1, 0.15) is 0 Å². The minimum atomic E-state index is -1.23. The lowest BCUT2D eigenvalue weighted by molar-refractivity contribution is -0.137. The van der Waals surface area contributed by atoms with Crippen LogP contribution >= 0.6 is 0 Å². The number of hydrogen-bond acceptors (Lipinski definition) is 2. The van der Waals surface area contributed by atoms with Crippen molar-refractivity contribution in [2.24, 2.45) is 0 Å². The summed E-state index contributed by atoms with van der Waals surface area (Å²) in [7, 11) is -1.23. The Labute approximate surface area is 104 Å². The van der Waals surface area contributed by atoms with Crippen molar-refractivity contribution in [2.75, 3.05) is 6.61 Å². The van der Waals surface area contributed by atoms with E-state index >= 15 is 0 Å². The fraction of sp³-hybridized carbons (Fsp3) is 0.357. The zero-order chi connectivity index (χ0) is 12.9. The molecule has 0 unspecified atom stereocenters. The molecule has 0 aliphatic carbocycles. The molecule has 0 N–H and O–H groups in total. The van der Waals surface area contributed by atoms with Crippen LogP contribution in [0, 0.1) is 0 Å². The van der Waals surface area contributed by atoms with Gasteiger partial charge in [0.2, 0.25) is 0 Å². The van der Waals surface area contributed by atoms with Gasteiger partial charge in [0.25, 0.3) is 0 Å². The van der Waals surface area contributed by atoms with Gasteiger partial charge in [0.05, 0.1) is 14.7 Å². The largest absolute Gasteiger partial charge is 0.463 e. The van der Waals surface area contributed by atoms with E-state index in [0.717, 1.165) is 5.56 Å². The zero-order valence-corrected chi connectivity index (χ0v) is 12.0. The molecule has 0 heterocycles. The molecule has 92 valence electrons. The van der Waals surface area contributed by atoms with Gasteiger partial charge in [-0.25, -0.2) is 4.79 Å². The van der Waals surface area contributed by atoms with E-state index in [1.54, 1.807) is 13.0 Å². The Morgan fingerprint density at radius 3 is 2.29 bits per heavy atom. The smallest absolute Gasteiger partial charge is 0.330 e. The molecule has 0 saturated carbocycles. The van der Waals surface area contributed by atoms with Gasteiger partial charge < -0.3 is 4.74 Å². The molecular weight excluding hydrogens is 228 g/mol. The van der Waals surface area contributed by atoms with Crippen molar-refractivity contribution in [1.82, 2.24) is 0 Å². The van der Waals surface area contributed by atoms with Crippen LogP contribution in [0.3, 0.4) is 0 Å². The third-order valence-corrected chi connectivity index (χ3v) is 4.54. The predicted octanol–water partition coefficient (Wildman–Crippen LogP) is 2.81. The summed E-state index contributed by atoms with van der Waals surface area (Å²) < 4.78 is 4.82. The van der Waals surface area contributed by atoms with Gasteiger partial charge >= 0.3 is 5.97 Å². The second-order valence-corrected chi connectivity index (χ2v) is 10.0. The van der Waals surface area contributed by atoms with Gasteiger partial charge in [0.15, 0.2) is 0 Å². The summed E-state index contributed by atoms with van der Waals surface area (Å²) >= 11 is 0. The van der Waals surface area contributed by atoms with Gasteiger partial charge in [-0.1, -0.05) is 49.1 Å².